The molecule has 1 atom stereocenters. The number of hydrogen-bond donors (Lipinski definition) is 0. The summed E-state index contributed by atoms with van der Waals surface area (Å²) >= 11 is 0. The highest BCUT2D eigenvalue weighted by molar-refractivity contribution is 5.03. The molecule has 2 rings (SSSR count). The summed E-state index contributed by atoms with van der Waals surface area (Å²) in [6, 6.07) is 0.501. The van der Waals surface area contributed by atoms with Gasteiger partial charge in [-0.1, -0.05) is 0 Å². The van der Waals surface area contributed by atoms with Gasteiger partial charge in [0, 0.05) is 44.5 Å². The van der Waals surface area contributed by atoms with Crippen LogP contribution in [0.4, 0.5) is 0 Å². The fourth-order valence-electron chi connectivity index (χ4n) is 2.48. The van der Waals surface area contributed by atoms with Crippen LogP contribution in [0.25, 0.3) is 0 Å². The van der Waals surface area contributed by atoms with Gasteiger partial charge in [-0.05, 0) is 26.7 Å². The Morgan fingerprint density at radius 2 is 2.40 bits per heavy atom. The molecule has 2 heterocycles. The third kappa shape index (κ3) is 4.89. The monoisotopic (exact) mass is 281 g/mol. The molecule has 0 unspecified atom stereocenters. The van der Waals surface area contributed by atoms with E-state index in [1.54, 1.807) is 0 Å². The van der Waals surface area contributed by atoms with Crippen molar-refractivity contribution in [3.05, 3.63) is 18.0 Å². The van der Waals surface area contributed by atoms with Crippen molar-refractivity contribution >= 4 is 0 Å². The van der Waals surface area contributed by atoms with Crippen molar-refractivity contribution in [3.63, 3.8) is 0 Å². The molecule has 0 saturated carbocycles. The average molecular weight is 281 g/mol. The molecule has 1 saturated heterocycles. The van der Waals surface area contributed by atoms with Crippen molar-refractivity contribution in [2.45, 2.75) is 45.4 Å². The highest BCUT2D eigenvalue weighted by Crippen LogP contribution is 2.12. The van der Waals surface area contributed by atoms with Gasteiger partial charge in [0.1, 0.15) is 0 Å². The second kappa shape index (κ2) is 7.76. The third-order valence-corrected chi connectivity index (χ3v) is 3.72. The smallest absolute Gasteiger partial charge is 0.0809 e. The summed E-state index contributed by atoms with van der Waals surface area (Å²) < 4.78 is 13.2. The maximum absolute atomic E-state index is 5.75. The van der Waals surface area contributed by atoms with Crippen LogP contribution in [0.2, 0.25) is 0 Å². The zero-order chi connectivity index (χ0) is 14.4. The predicted molar refractivity (Wildman–Crippen MR) is 78.5 cm³/mol. The zero-order valence-corrected chi connectivity index (χ0v) is 12.9. The van der Waals surface area contributed by atoms with Crippen molar-refractivity contribution in [1.29, 1.82) is 0 Å². The van der Waals surface area contributed by atoms with E-state index in [2.05, 4.69) is 30.0 Å². The van der Waals surface area contributed by atoms with E-state index in [1.807, 2.05) is 17.9 Å². The summed E-state index contributed by atoms with van der Waals surface area (Å²) in [7, 11) is 1.95. The van der Waals surface area contributed by atoms with Crippen molar-refractivity contribution in [3.8, 4) is 0 Å². The van der Waals surface area contributed by atoms with E-state index in [1.165, 1.54) is 12.0 Å². The molecular formula is C15H27N3O2. The molecule has 0 spiro atoms. The zero-order valence-electron chi connectivity index (χ0n) is 12.9. The van der Waals surface area contributed by atoms with Gasteiger partial charge in [0.05, 0.1) is 25.5 Å². The van der Waals surface area contributed by atoms with Crippen LogP contribution in [0.5, 0.6) is 0 Å². The molecule has 1 aromatic heterocycles. The number of aromatic nitrogens is 2. The van der Waals surface area contributed by atoms with Crippen LogP contribution in [0.15, 0.2) is 12.4 Å². The molecule has 114 valence electrons. The van der Waals surface area contributed by atoms with Crippen molar-refractivity contribution < 1.29 is 9.47 Å². The summed E-state index contributed by atoms with van der Waals surface area (Å²) in [6.07, 6.45) is 6.64. The molecule has 0 bridgehead atoms. The van der Waals surface area contributed by atoms with Crippen LogP contribution < -0.4 is 0 Å². The summed E-state index contributed by atoms with van der Waals surface area (Å²) in [5.74, 6) is 0. The first-order chi connectivity index (χ1) is 9.65. The lowest BCUT2D eigenvalue weighted by atomic mass is 10.2. The van der Waals surface area contributed by atoms with Gasteiger partial charge >= 0.3 is 0 Å². The lowest BCUT2D eigenvalue weighted by Crippen LogP contribution is -2.33. The highest BCUT2D eigenvalue weighted by Gasteiger charge is 2.16. The Bertz CT molecular complexity index is 386. The molecule has 20 heavy (non-hydrogen) atoms. The van der Waals surface area contributed by atoms with E-state index in [9.17, 15) is 0 Å². The van der Waals surface area contributed by atoms with E-state index in [0.29, 0.717) is 12.1 Å². The highest BCUT2D eigenvalue weighted by atomic mass is 16.5. The van der Waals surface area contributed by atoms with Gasteiger partial charge in [-0.2, -0.15) is 5.10 Å². The Labute approximate surface area is 121 Å². The number of hydrogen-bond acceptors (Lipinski definition) is 4. The second-order valence-electron chi connectivity index (χ2n) is 5.80. The summed E-state index contributed by atoms with van der Waals surface area (Å²) in [4.78, 5) is 2.41. The minimum atomic E-state index is 0.320. The maximum Gasteiger partial charge on any atom is 0.0809 e. The van der Waals surface area contributed by atoms with Crippen LogP contribution in [0.1, 0.15) is 32.3 Å². The van der Waals surface area contributed by atoms with E-state index < -0.39 is 0 Å². The molecule has 1 fully saturated rings. The third-order valence-electron chi connectivity index (χ3n) is 3.72. The molecule has 0 aromatic carbocycles. The Morgan fingerprint density at radius 3 is 3.00 bits per heavy atom. The number of rotatable bonds is 8. The SMILES string of the molecule is CC(C)N(CCOC[C@H]1CCCO1)Cc1cnn(C)c1. The first-order valence-corrected chi connectivity index (χ1v) is 7.56. The topological polar surface area (TPSA) is 39.5 Å². The lowest BCUT2D eigenvalue weighted by molar-refractivity contribution is 0.00735. The van der Waals surface area contributed by atoms with Crippen molar-refractivity contribution in [1.82, 2.24) is 14.7 Å². The maximum atomic E-state index is 5.75. The fraction of sp³-hybridized carbons (Fsp3) is 0.800. The molecule has 0 N–H and O–H groups in total. The molecule has 0 aliphatic carbocycles. The second-order valence-corrected chi connectivity index (χ2v) is 5.80. The largest absolute Gasteiger partial charge is 0.377 e. The first kappa shape index (κ1) is 15.5. The van der Waals surface area contributed by atoms with E-state index >= 15 is 0 Å². The van der Waals surface area contributed by atoms with Gasteiger partial charge in [-0.15, -0.1) is 0 Å². The van der Waals surface area contributed by atoms with Crippen LogP contribution >= 0.6 is 0 Å². The van der Waals surface area contributed by atoms with Crippen molar-refractivity contribution in [2.75, 3.05) is 26.4 Å². The number of nitrogens with zero attached hydrogens (tertiary/aromatic N) is 3. The summed E-state index contributed by atoms with van der Waals surface area (Å²) in [6.45, 7) is 8.70. The van der Waals surface area contributed by atoms with Crippen molar-refractivity contribution in [2.24, 2.45) is 7.05 Å². The lowest BCUT2D eigenvalue weighted by Gasteiger charge is -2.26. The molecule has 5 nitrogen and oxygen atoms in total. The van der Waals surface area contributed by atoms with E-state index in [4.69, 9.17) is 9.47 Å². The van der Waals surface area contributed by atoms with Crippen LogP contribution in [-0.2, 0) is 23.1 Å². The molecule has 1 aromatic rings. The van der Waals surface area contributed by atoms with Gasteiger partial charge in [0.15, 0.2) is 0 Å². The summed E-state index contributed by atoms with van der Waals surface area (Å²) in [5.41, 5.74) is 1.25. The first-order valence-electron chi connectivity index (χ1n) is 7.56. The Kier molecular flexibility index (Phi) is 6.01. The van der Waals surface area contributed by atoms with Crippen LogP contribution in [0.3, 0.4) is 0 Å². The molecule has 1 aliphatic heterocycles. The summed E-state index contributed by atoms with van der Waals surface area (Å²) in [5, 5.41) is 4.22. The average Bonchev–Trinajstić information content (AvgIpc) is 3.04. The standard InChI is InChI=1S/C15H27N3O2/c1-13(2)18(11-14-9-16-17(3)10-14)6-8-19-12-15-5-4-7-20-15/h9-10,13,15H,4-8,11-12H2,1-3H3/t15-/m1/s1. The molecule has 1 aliphatic rings. The molecule has 0 amide bonds. The predicted octanol–water partition coefficient (Wildman–Crippen LogP) is 1.83. The van der Waals surface area contributed by atoms with Crippen LogP contribution in [0, 0.1) is 0 Å². The number of aryl methyl sites for hydroxylation is 1. The van der Waals surface area contributed by atoms with Crippen LogP contribution in [-0.4, -0.2) is 53.2 Å². The van der Waals surface area contributed by atoms with E-state index in [0.717, 1.165) is 39.3 Å². The van der Waals surface area contributed by atoms with Gasteiger partial charge in [-0.3, -0.25) is 9.58 Å². The van der Waals surface area contributed by atoms with E-state index in [-0.39, 0.29) is 0 Å². The molecule has 5 heteroatoms. The Hall–Kier alpha value is -0.910. The Morgan fingerprint density at radius 1 is 1.55 bits per heavy atom. The fourth-order valence-corrected chi connectivity index (χ4v) is 2.48. The Balaban J connectivity index is 1.69. The number of ether oxygens (including phenoxy) is 2. The normalized spacial score (nSPS) is 19.4. The van der Waals surface area contributed by atoms with Gasteiger partial charge in [0.25, 0.3) is 0 Å². The minimum Gasteiger partial charge on any atom is -0.377 e. The van der Waals surface area contributed by atoms with Gasteiger partial charge in [-0.25, -0.2) is 0 Å². The quantitative estimate of drug-likeness (QED) is 0.682. The minimum absolute atomic E-state index is 0.320. The van der Waals surface area contributed by atoms with Gasteiger partial charge < -0.3 is 9.47 Å². The van der Waals surface area contributed by atoms with Gasteiger partial charge in [0.2, 0.25) is 0 Å². The molecule has 0 radical (unpaired) electrons. The molecular weight excluding hydrogens is 254 g/mol.